The lowest BCUT2D eigenvalue weighted by molar-refractivity contribution is 0.0345. The minimum absolute atomic E-state index is 0.0818. The molecule has 0 aromatic carbocycles. The molecular weight excluding hydrogens is 148 g/mol. The first-order chi connectivity index (χ1) is 5.52. The maximum atomic E-state index is 5.50. The van der Waals surface area contributed by atoms with E-state index in [2.05, 4.69) is 39.2 Å². The Morgan fingerprint density at radius 2 is 2.08 bits per heavy atom. The van der Waals surface area contributed by atoms with Gasteiger partial charge in [0.1, 0.15) is 6.61 Å². The van der Waals surface area contributed by atoms with Crippen molar-refractivity contribution in [3.63, 3.8) is 0 Å². The van der Waals surface area contributed by atoms with Crippen molar-refractivity contribution in [2.24, 2.45) is 5.41 Å². The maximum Gasteiger partial charge on any atom is 0.108 e. The summed E-state index contributed by atoms with van der Waals surface area (Å²) in [7, 11) is 0. The van der Waals surface area contributed by atoms with E-state index in [-0.39, 0.29) is 11.5 Å². The molecule has 0 N–H and O–H groups in total. The van der Waals surface area contributed by atoms with Crippen LogP contribution in [-0.4, -0.2) is 12.7 Å². The van der Waals surface area contributed by atoms with Gasteiger partial charge in [0.05, 0.1) is 6.10 Å². The van der Waals surface area contributed by atoms with Crippen LogP contribution in [0, 0.1) is 17.3 Å². The van der Waals surface area contributed by atoms with E-state index < -0.39 is 0 Å². The molecular formula is C11H18O. The lowest BCUT2D eigenvalue weighted by Gasteiger charge is -2.26. The third-order valence-corrected chi connectivity index (χ3v) is 1.58. The Balaban J connectivity index is 3.98. The predicted octanol–water partition coefficient (Wildman–Crippen LogP) is 2.63. The second kappa shape index (κ2) is 5.00. The summed E-state index contributed by atoms with van der Waals surface area (Å²) < 4.78 is 5.50. The van der Waals surface area contributed by atoms with Gasteiger partial charge >= 0.3 is 0 Å². The Labute approximate surface area is 75.8 Å². The van der Waals surface area contributed by atoms with E-state index in [4.69, 9.17) is 4.74 Å². The molecule has 68 valence electrons. The Morgan fingerprint density at radius 3 is 2.42 bits per heavy atom. The average Bonchev–Trinajstić information content (AvgIpc) is 1.95. The van der Waals surface area contributed by atoms with Crippen LogP contribution in [0.4, 0.5) is 0 Å². The fourth-order valence-corrected chi connectivity index (χ4v) is 0.875. The lowest BCUT2D eigenvalue weighted by atomic mass is 9.89. The van der Waals surface area contributed by atoms with Crippen LogP contribution in [-0.2, 0) is 4.74 Å². The molecule has 0 saturated heterocycles. The topological polar surface area (TPSA) is 9.23 Å². The van der Waals surface area contributed by atoms with Gasteiger partial charge < -0.3 is 4.74 Å². The van der Waals surface area contributed by atoms with E-state index >= 15 is 0 Å². The van der Waals surface area contributed by atoms with Crippen molar-refractivity contribution >= 4 is 0 Å². The highest BCUT2D eigenvalue weighted by molar-refractivity contribution is 4.97. The molecule has 0 aliphatic carbocycles. The smallest absolute Gasteiger partial charge is 0.108 e. The van der Waals surface area contributed by atoms with Gasteiger partial charge in [0.2, 0.25) is 0 Å². The molecule has 1 atom stereocenters. The summed E-state index contributed by atoms with van der Waals surface area (Å²) in [6, 6.07) is 0. The normalized spacial score (nSPS) is 13.0. The summed E-state index contributed by atoms with van der Waals surface area (Å²) >= 11 is 0. The van der Waals surface area contributed by atoms with E-state index in [0.717, 1.165) is 0 Å². The van der Waals surface area contributed by atoms with E-state index in [1.807, 2.05) is 13.0 Å². The summed E-state index contributed by atoms with van der Waals surface area (Å²) in [4.78, 5) is 0. The zero-order chi connectivity index (χ0) is 9.61. The minimum Gasteiger partial charge on any atom is -0.361 e. The molecule has 1 nitrogen and oxygen atoms in total. The summed E-state index contributed by atoms with van der Waals surface area (Å²) in [5, 5.41) is 0. The summed E-state index contributed by atoms with van der Waals surface area (Å²) in [5.74, 6) is 5.65. The third kappa shape index (κ3) is 4.20. The van der Waals surface area contributed by atoms with Crippen LogP contribution in [0.5, 0.6) is 0 Å². The highest BCUT2D eigenvalue weighted by Crippen LogP contribution is 2.22. The van der Waals surface area contributed by atoms with Crippen LogP contribution < -0.4 is 0 Å². The SMILES string of the molecule is C=C[C@@H](OCC#CC)C(C)(C)C. The molecule has 0 saturated carbocycles. The fourth-order valence-electron chi connectivity index (χ4n) is 0.875. The van der Waals surface area contributed by atoms with E-state index in [9.17, 15) is 0 Å². The van der Waals surface area contributed by atoms with Crippen molar-refractivity contribution in [1.82, 2.24) is 0 Å². The predicted molar refractivity (Wildman–Crippen MR) is 52.8 cm³/mol. The molecule has 12 heavy (non-hydrogen) atoms. The molecule has 0 aromatic rings. The molecule has 0 bridgehead atoms. The fraction of sp³-hybridized carbons (Fsp3) is 0.636. The van der Waals surface area contributed by atoms with Crippen molar-refractivity contribution in [3.05, 3.63) is 12.7 Å². The molecule has 0 heterocycles. The molecule has 0 spiro atoms. The van der Waals surface area contributed by atoms with Crippen molar-refractivity contribution in [3.8, 4) is 11.8 Å². The monoisotopic (exact) mass is 166 g/mol. The Morgan fingerprint density at radius 1 is 1.50 bits per heavy atom. The standard InChI is InChI=1S/C11H18O/c1-6-8-9-12-10(7-2)11(3,4)5/h7,10H,2,9H2,1,3-5H3/t10-/m1/s1. The largest absolute Gasteiger partial charge is 0.361 e. The summed E-state index contributed by atoms with van der Waals surface area (Å²) in [6.45, 7) is 12.4. The second-order valence-corrected chi connectivity index (χ2v) is 3.76. The molecule has 0 aromatic heterocycles. The van der Waals surface area contributed by atoms with Crippen molar-refractivity contribution in [2.45, 2.75) is 33.8 Å². The second-order valence-electron chi connectivity index (χ2n) is 3.76. The Bertz CT molecular complexity index is 187. The first-order valence-electron chi connectivity index (χ1n) is 4.16. The van der Waals surface area contributed by atoms with Crippen molar-refractivity contribution in [1.29, 1.82) is 0 Å². The summed E-state index contributed by atoms with van der Waals surface area (Å²) in [6.07, 6.45) is 1.91. The zero-order valence-corrected chi connectivity index (χ0v) is 8.48. The van der Waals surface area contributed by atoms with Crippen LogP contribution in [0.25, 0.3) is 0 Å². The quantitative estimate of drug-likeness (QED) is 0.462. The van der Waals surface area contributed by atoms with E-state index in [1.54, 1.807) is 0 Å². The molecule has 0 aliphatic heterocycles. The van der Waals surface area contributed by atoms with Gasteiger partial charge in [-0.15, -0.1) is 12.5 Å². The van der Waals surface area contributed by atoms with Crippen molar-refractivity contribution in [2.75, 3.05) is 6.61 Å². The lowest BCUT2D eigenvalue weighted by Crippen LogP contribution is -2.27. The molecule has 0 fully saturated rings. The van der Waals surface area contributed by atoms with Crippen LogP contribution in [0.2, 0.25) is 0 Å². The third-order valence-electron chi connectivity index (χ3n) is 1.58. The van der Waals surface area contributed by atoms with Gasteiger partial charge in [-0.25, -0.2) is 0 Å². The zero-order valence-electron chi connectivity index (χ0n) is 8.48. The molecule has 0 amide bonds. The summed E-state index contributed by atoms with van der Waals surface area (Å²) in [5.41, 5.74) is 0.108. The van der Waals surface area contributed by atoms with Crippen LogP contribution in [0.15, 0.2) is 12.7 Å². The van der Waals surface area contributed by atoms with Gasteiger partial charge in [-0.2, -0.15) is 0 Å². The van der Waals surface area contributed by atoms with Gasteiger partial charge in [0.25, 0.3) is 0 Å². The van der Waals surface area contributed by atoms with Gasteiger partial charge in [0.15, 0.2) is 0 Å². The van der Waals surface area contributed by atoms with E-state index in [0.29, 0.717) is 6.61 Å². The van der Waals surface area contributed by atoms with Gasteiger partial charge in [-0.1, -0.05) is 32.8 Å². The first kappa shape index (κ1) is 11.3. The number of ether oxygens (including phenoxy) is 1. The van der Waals surface area contributed by atoms with Crippen LogP contribution >= 0.6 is 0 Å². The van der Waals surface area contributed by atoms with Gasteiger partial charge in [0, 0.05) is 0 Å². The Hall–Kier alpha value is -0.740. The number of rotatable bonds is 3. The van der Waals surface area contributed by atoms with Gasteiger partial charge in [-0.3, -0.25) is 0 Å². The molecule has 0 rings (SSSR count). The van der Waals surface area contributed by atoms with Crippen LogP contribution in [0.1, 0.15) is 27.7 Å². The van der Waals surface area contributed by atoms with Crippen LogP contribution in [0.3, 0.4) is 0 Å². The molecule has 0 unspecified atom stereocenters. The first-order valence-corrected chi connectivity index (χ1v) is 4.16. The highest BCUT2D eigenvalue weighted by atomic mass is 16.5. The highest BCUT2D eigenvalue weighted by Gasteiger charge is 2.21. The minimum atomic E-state index is 0.0818. The van der Waals surface area contributed by atoms with Gasteiger partial charge in [-0.05, 0) is 12.3 Å². The van der Waals surface area contributed by atoms with Crippen molar-refractivity contribution < 1.29 is 4.74 Å². The number of hydrogen-bond donors (Lipinski definition) is 0. The average molecular weight is 166 g/mol. The molecule has 1 heteroatoms. The maximum absolute atomic E-state index is 5.50. The number of hydrogen-bond acceptors (Lipinski definition) is 1. The molecule has 0 radical (unpaired) electrons. The van der Waals surface area contributed by atoms with E-state index in [1.165, 1.54) is 0 Å². The Kier molecular flexibility index (Phi) is 4.70. The molecule has 0 aliphatic rings.